The first-order chi connectivity index (χ1) is 9.23. The highest BCUT2D eigenvalue weighted by molar-refractivity contribution is 7.09. The molecule has 1 aliphatic rings. The van der Waals surface area contributed by atoms with E-state index in [0.29, 0.717) is 6.04 Å². The van der Waals surface area contributed by atoms with E-state index in [1.165, 1.54) is 43.6 Å². The van der Waals surface area contributed by atoms with Crippen LogP contribution in [0.1, 0.15) is 50.8 Å². The van der Waals surface area contributed by atoms with E-state index in [-0.39, 0.29) is 5.54 Å². The van der Waals surface area contributed by atoms with Gasteiger partial charge in [-0.05, 0) is 63.1 Å². The number of nitrogens with zero attached hydrogens (tertiary/aromatic N) is 1. The molecule has 2 rings (SSSR count). The van der Waals surface area contributed by atoms with E-state index in [9.17, 15) is 0 Å². The molecule has 0 amide bonds. The van der Waals surface area contributed by atoms with Crippen LogP contribution in [-0.4, -0.2) is 29.6 Å². The van der Waals surface area contributed by atoms with Crippen molar-refractivity contribution in [1.82, 2.24) is 4.90 Å². The Labute approximate surface area is 122 Å². The Morgan fingerprint density at radius 1 is 1.32 bits per heavy atom. The Balaban J connectivity index is 2.00. The third-order valence-corrected chi connectivity index (χ3v) is 5.87. The topological polar surface area (TPSA) is 29.3 Å². The summed E-state index contributed by atoms with van der Waals surface area (Å²) in [6, 6.07) is 4.66. The van der Waals surface area contributed by atoms with Gasteiger partial charge in [0.05, 0.1) is 0 Å². The van der Waals surface area contributed by atoms with E-state index in [2.05, 4.69) is 36.3 Å². The van der Waals surface area contributed by atoms with Gasteiger partial charge in [0.1, 0.15) is 0 Å². The fraction of sp³-hybridized carbons (Fsp3) is 0.750. The number of rotatable bonds is 7. The molecule has 0 aliphatic carbocycles. The Bertz CT molecular complexity index is 351. The van der Waals surface area contributed by atoms with Crippen LogP contribution in [-0.2, 0) is 6.42 Å². The maximum absolute atomic E-state index is 6.63. The minimum atomic E-state index is 0.230. The second-order valence-corrected chi connectivity index (χ2v) is 6.76. The summed E-state index contributed by atoms with van der Waals surface area (Å²) in [5, 5.41) is 2.16. The average molecular weight is 280 g/mol. The van der Waals surface area contributed by atoms with Crippen molar-refractivity contribution in [3.05, 3.63) is 22.4 Å². The van der Waals surface area contributed by atoms with Crippen molar-refractivity contribution in [1.29, 1.82) is 0 Å². The minimum Gasteiger partial charge on any atom is -0.326 e. The van der Waals surface area contributed by atoms with E-state index in [1.807, 2.05) is 11.3 Å². The van der Waals surface area contributed by atoms with Crippen LogP contribution in [0.2, 0.25) is 0 Å². The van der Waals surface area contributed by atoms with Crippen molar-refractivity contribution in [2.45, 2.75) is 64.0 Å². The maximum atomic E-state index is 6.63. The van der Waals surface area contributed by atoms with Crippen molar-refractivity contribution >= 4 is 11.3 Å². The van der Waals surface area contributed by atoms with Gasteiger partial charge in [0.2, 0.25) is 0 Å². The van der Waals surface area contributed by atoms with Gasteiger partial charge in [-0.2, -0.15) is 0 Å². The summed E-state index contributed by atoms with van der Waals surface area (Å²) in [5.74, 6) is 0. The van der Waals surface area contributed by atoms with Gasteiger partial charge in [-0.15, -0.1) is 11.3 Å². The molecule has 2 heterocycles. The maximum Gasteiger partial charge on any atom is 0.0355 e. The van der Waals surface area contributed by atoms with Crippen molar-refractivity contribution in [3.63, 3.8) is 0 Å². The largest absolute Gasteiger partial charge is 0.326 e. The predicted molar refractivity (Wildman–Crippen MR) is 84.7 cm³/mol. The predicted octanol–water partition coefficient (Wildman–Crippen LogP) is 3.66. The number of thiophene rings is 1. The summed E-state index contributed by atoms with van der Waals surface area (Å²) in [6.45, 7) is 7.11. The van der Waals surface area contributed by atoms with Crippen LogP contribution >= 0.6 is 11.3 Å². The summed E-state index contributed by atoms with van der Waals surface area (Å²) in [6.07, 6.45) is 7.29. The summed E-state index contributed by atoms with van der Waals surface area (Å²) >= 11 is 1.85. The fourth-order valence-corrected chi connectivity index (χ4v) is 4.36. The van der Waals surface area contributed by atoms with Crippen LogP contribution in [0.3, 0.4) is 0 Å². The monoisotopic (exact) mass is 280 g/mol. The molecule has 1 unspecified atom stereocenters. The number of aryl methyl sites for hydroxylation is 1. The molecule has 3 heteroatoms. The van der Waals surface area contributed by atoms with Crippen LogP contribution < -0.4 is 5.73 Å². The lowest BCUT2D eigenvalue weighted by atomic mass is 9.81. The highest BCUT2D eigenvalue weighted by Gasteiger charge is 2.39. The standard InChI is InChI=1S/C16H28N2S/c1-3-16(4-2,18-11-5-6-12-18)15(17)10-9-14-8-7-13-19-14/h7-8,13,15H,3-6,9-12,17H2,1-2H3. The van der Waals surface area contributed by atoms with Crippen LogP contribution in [0.4, 0.5) is 0 Å². The summed E-state index contributed by atoms with van der Waals surface area (Å²) in [7, 11) is 0. The molecule has 0 spiro atoms. The van der Waals surface area contributed by atoms with E-state index < -0.39 is 0 Å². The van der Waals surface area contributed by atoms with Crippen LogP contribution in [0.25, 0.3) is 0 Å². The summed E-state index contributed by atoms with van der Waals surface area (Å²) < 4.78 is 0. The van der Waals surface area contributed by atoms with E-state index >= 15 is 0 Å². The van der Waals surface area contributed by atoms with Gasteiger partial charge in [-0.3, -0.25) is 4.90 Å². The van der Waals surface area contributed by atoms with E-state index in [1.54, 1.807) is 0 Å². The molecule has 0 bridgehead atoms. The Hall–Kier alpha value is -0.380. The van der Waals surface area contributed by atoms with Crippen LogP contribution in [0, 0.1) is 0 Å². The Morgan fingerprint density at radius 2 is 2.00 bits per heavy atom. The van der Waals surface area contributed by atoms with Crippen molar-refractivity contribution < 1.29 is 0 Å². The molecule has 1 aromatic heterocycles. The quantitative estimate of drug-likeness (QED) is 0.826. The van der Waals surface area contributed by atoms with Gasteiger partial charge in [-0.25, -0.2) is 0 Å². The molecular weight excluding hydrogens is 252 g/mol. The van der Waals surface area contributed by atoms with Gasteiger partial charge >= 0.3 is 0 Å². The molecule has 1 fully saturated rings. The Kier molecular flexibility index (Phi) is 5.43. The summed E-state index contributed by atoms with van der Waals surface area (Å²) in [4.78, 5) is 4.14. The second kappa shape index (κ2) is 6.87. The molecule has 0 saturated carbocycles. The van der Waals surface area contributed by atoms with Gasteiger partial charge in [0.25, 0.3) is 0 Å². The number of hydrogen-bond acceptors (Lipinski definition) is 3. The van der Waals surface area contributed by atoms with Gasteiger partial charge in [0, 0.05) is 16.5 Å². The second-order valence-electron chi connectivity index (χ2n) is 5.73. The zero-order valence-corrected chi connectivity index (χ0v) is 13.2. The third-order valence-electron chi connectivity index (χ3n) is 4.93. The smallest absolute Gasteiger partial charge is 0.0355 e. The third kappa shape index (κ3) is 3.21. The molecule has 108 valence electrons. The molecular formula is C16H28N2S. The lowest BCUT2D eigenvalue weighted by Gasteiger charge is -2.45. The number of nitrogens with two attached hydrogens (primary N) is 1. The molecule has 2 N–H and O–H groups in total. The molecule has 1 atom stereocenters. The number of likely N-dealkylation sites (tertiary alicyclic amines) is 1. The first kappa shape index (κ1) is 15.0. The van der Waals surface area contributed by atoms with E-state index in [4.69, 9.17) is 5.73 Å². The molecule has 1 aliphatic heterocycles. The lowest BCUT2D eigenvalue weighted by Crippen LogP contribution is -2.58. The molecule has 0 radical (unpaired) electrons. The SMILES string of the molecule is CCC(CC)(C(N)CCc1cccs1)N1CCCC1. The highest BCUT2D eigenvalue weighted by Crippen LogP contribution is 2.32. The van der Waals surface area contributed by atoms with Crippen molar-refractivity contribution in [2.75, 3.05) is 13.1 Å². The Morgan fingerprint density at radius 3 is 2.53 bits per heavy atom. The van der Waals surface area contributed by atoms with Crippen molar-refractivity contribution in [2.24, 2.45) is 5.73 Å². The first-order valence-electron chi connectivity index (χ1n) is 7.76. The van der Waals surface area contributed by atoms with Gasteiger partial charge < -0.3 is 5.73 Å². The van der Waals surface area contributed by atoms with E-state index in [0.717, 1.165) is 12.8 Å². The molecule has 1 saturated heterocycles. The van der Waals surface area contributed by atoms with Gasteiger partial charge in [0.15, 0.2) is 0 Å². The minimum absolute atomic E-state index is 0.230. The molecule has 2 nitrogen and oxygen atoms in total. The van der Waals surface area contributed by atoms with Crippen LogP contribution in [0.15, 0.2) is 17.5 Å². The van der Waals surface area contributed by atoms with Gasteiger partial charge in [-0.1, -0.05) is 19.9 Å². The number of hydrogen-bond donors (Lipinski definition) is 1. The zero-order valence-electron chi connectivity index (χ0n) is 12.4. The highest BCUT2D eigenvalue weighted by atomic mass is 32.1. The van der Waals surface area contributed by atoms with Crippen molar-refractivity contribution in [3.8, 4) is 0 Å². The normalized spacial score (nSPS) is 18.9. The average Bonchev–Trinajstić information content (AvgIpc) is 3.12. The molecule has 19 heavy (non-hydrogen) atoms. The first-order valence-corrected chi connectivity index (χ1v) is 8.64. The fourth-order valence-electron chi connectivity index (χ4n) is 3.64. The molecule has 0 aromatic carbocycles. The zero-order chi connectivity index (χ0) is 13.7. The summed E-state index contributed by atoms with van der Waals surface area (Å²) in [5.41, 5.74) is 6.86. The van der Waals surface area contributed by atoms with Crippen LogP contribution in [0.5, 0.6) is 0 Å². The molecule has 1 aromatic rings. The lowest BCUT2D eigenvalue weighted by molar-refractivity contribution is 0.0739.